The van der Waals surface area contributed by atoms with Gasteiger partial charge in [0.25, 0.3) is 0 Å². The molecule has 0 unspecified atom stereocenters. The molecule has 0 saturated heterocycles. The highest BCUT2D eigenvalue weighted by Crippen LogP contribution is 2.36. The summed E-state index contributed by atoms with van der Waals surface area (Å²) >= 11 is 3.38. The van der Waals surface area contributed by atoms with Crippen LogP contribution >= 0.6 is 15.9 Å². The smallest absolute Gasteiger partial charge is 0.124 e. The molecule has 2 aromatic carbocycles. The molecule has 1 heterocycles. The minimum absolute atomic E-state index is 0.558. The topological polar surface area (TPSA) is 36.7 Å². The maximum atomic E-state index is 9.51. The average Bonchev–Trinajstić information content (AvgIpc) is 2.56. The zero-order valence-electron chi connectivity index (χ0n) is 11.1. The van der Waals surface area contributed by atoms with Crippen molar-refractivity contribution in [3.05, 3.63) is 77.0 Å². The first-order valence-electron chi connectivity index (χ1n) is 6.50. The van der Waals surface area contributed by atoms with E-state index in [1.165, 1.54) is 0 Å². The normalized spacial score (nSPS) is 10.1. The molecule has 3 rings (SSSR count). The van der Waals surface area contributed by atoms with E-state index in [1.807, 2.05) is 66.9 Å². The summed E-state index contributed by atoms with van der Waals surface area (Å²) in [5, 5.41) is 9.51. The van der Waals surface area contributed by atoms with Crippen molar-refractivity contribution >= 4 is 15.9 Å². The number of benzene rings is 2. The van der Waals surface area contributed by atoms with Gasteiger partial charge in [-0.2, -0.15) is 5.26 Å². The molecule has 0 N–H and O–H groups in total. The van der Waals surface area contributed by atoms with Crippen molar-refractivity contribution in [1.29, 1.82) is 5.26 Å². The fourth-order valence-corrected chi connectivity index (χ4v) is 2.72. The zero-order chi connectivity index (χ0) is 14.7. The van der Waals surface area contributed by atoms with Crippen molar-refractivity contribution in [3.63, 3.8) is 0 Å². The summed E-state index contributed by atoms with van der Waals surface area (Å²) in [5.74, 6) is 0. The van der Waals surface area contributed by atoms with E-state index in [9.17, 15) is 5.26 Å². The molecule has 0 radical (unpaired) electrons. The first-order valence-corrected chi connectivity index (χ1v) is 7.30. The molecular weight excluding hydrogens is 324 g/mol. The third-order valence-corrected chi connectivity index (χ3v) is 3.89. The van der Waals surface area contributed by atoms with E-state index in [0.717, 1.165) is 22.3 Å². The van der Waals surface area contributed by atoms with Crippen LogP contribution in [0.3, 0.4) is 0 Å². The molecule has 3 heteroatoms. The van der Waals surface area contributed by atoms with Gasteiger partial charge in [0.15, 0.2) is 0 Å². The maximum absolute atomic E-state index is 9.51. The summed E-state index contributed by atoms with van der Waals surface area (Å²) in [4.78, 5) is 4.31. The van der Waals surface area contributed by atoms with Crippen LogP contribution in [0.4, 0.5) is 0 Å². The number of hydrogen-bond acceptors (Lipinski definition) is 2. The number of nitrogens with zero attached hydrogens (tertiary/aromatic N) is 2. The molecular formula is C18H11BrN2. The second-order valence-corrected chi connectivity index (χ2v) is 5.31. The highest BCUT2D eigenvalue weighted by Gasteiger charge is 2.16. The van der Waals surface area contributed by atoms with Crippen LogP contribution in [0.5, 0.6) is 0 Å². The Morgan fingerprint density at radius 1 is 0.857 bits per heavy atom. The summed E-state index contributed by atoms with van der Waals surface area (Å²) in [6.45, 7) is 0. The number of pyridine rings is 1. The number of halogens is 1. The summed E-state index contributed by atoms with van der Waals surface area (Å²) in [7, 11) is 0. The van der Waals surface area contributed by atoms with E-state index < -0.39 is 0 Å². The van der Waals surface area contributed by atoms with Crippen molar-refractivity contribution in [1.82, 2.24) is 4.98 Å². The lowest BCUT2D eigenvalue weighted by Crippen LogP contribution is -1.94. The van der Waals surface area contributed by atoms with E-state index >= 15 is 0 Å². The van der Waals surface area contributed by atoms with Crippen molar-refractivity contribution in [2.45, 2.75) is 0 Å². The summed E-state index contributed by atoms with van der Waals surface area (Å²) in [6.07, 6.45) is 1.81. The number of rotatable bonds is 2. The fourth-order valence-electron chi connectivity index (χ4n) is 2.33. The van der Waals surface area contributed by atoms with Gasteiger partial charge < -0.3 is 0 Å². The molecule has 3 aromatic rings. The van der Waals surface area contributed by atoms with Crippen molar-refractivity contribution in [2.75, 3.05) is 0 Å². The Kier molecular flexibility index (Phi) is 3.81. The van der Waals surface area contributed by atoms with Crippen LogP contribution < -0.4 is 0 Å². The molecule has 100 valence electrons. The van der Waals surface area contributed by atoms with Gasteiger partial charge in [0.05, 0.1) is 5.56 Å². The van der Waals surface area contributed by atoms with Crippen LogP contribution in [0.15, 0.2) is 71.5 Å². The second-order valence-electron chi connectivity index (χ2n) is 4.56. The second kappa shape index (κ2) is 5.90. The summed E-state index contributed by atoms with van der Waals surface area (Å²) in [5.41, 5.74) is 4.49. The Bertz CT molecular complexity index is 806. The van der Waals surface area contributed by atoms with Crippen LogP contribution in [-0.4, -0.2) is 4.98 Å². The van der Waals surface area contributed by atoms with Gasteiger partial charge in [-0.1, -0.05) is 60.7 Å². The Morgan fingerprint density at radius 3 is 2.00 bits per heavy atom. The SMILES string of the molecule is N#Cc1c(Br)ncc(-c2ccccc2)c1-c1ccccc1. The molecule has 0 atom stereocenters. The van der Waals surface area contributed by atoms with Crippen LogP contribution in [0.25, 0.3) is 22.3 Å². The van der Waals surface area contributed by atoms with Gasteiger partial charge in [-0.3, -0.25) is 0 Å². The van der Waals surface area contributed by atoms with E-state index in [2.05, 4.69) is 27.0 Å². The Labute approximate surface area is 131 Å². The highest BCUT2D eigenvalue weighted by atomic mass is 79.9. The molecule has 2 nitrogen and oxygen atoms in total. The molecule has 0 aliphatic heterocycles. The van der Waals surface area contributed by atoms with Crippen LogP contribution in [0.2, 0.25) is 0 Å². The number of hydrogen-bond donors (Lipinski definition) is 0. The fraction of sp³-hybridized carbons (Fsp3) is 0. The standard InChI is InChI=1S/C18H11BrN2/c19-18-15(11-20)17(14-9-5-2-6-10-14)16(12-21-18)13-7-3-1-4-8-13/h1-10,12H. The quantitative estimate of drug-likeness (QED) is 0.615. The molecule has 0 aliphatic rings. The van der Waals surface area contributed by atoms with Gasteiger partial charge in [-0.25, -0.2) is 4.98 Å². The van der Waals surface area contributed by atoms with Crippen LogP contribution in [-0.2, 0) is 0 Å². The largest absolute Gasteiger partial charge is 0.247 e. The Hall–Kier alpha value is -2.44. The molecule has 0 fully saturated rings. The first kappa shape index (κ1) is 13.5. The van der Waals surface area contributed by atoms with E-state index in [-0.39, 0.29) is 0 Å². The third-order valence-electron chi connectivity index (χ3n) is 3.29. The summed E-state index contributed by atoms with van der Waals surface area (Å²) < 4.78 is 0.573. The minimum Gasteiger partial charge on any atom is -0.247 e. The summed E-state index contributed by atoms with van der Waals surface area (Å²) in [6, 6.07) is 22.2. The van der Waals surface area contributed by atoms with Crippen LogP contribution in [0, 0.1) is 11.3 Å². The van der Waals surface area contributed by atoms with Crippen LogP contribution in [0.1, 0.15) is 5.56 Å². The molecule has 0 aliphatic carbocycles. The lowest BCUT2D eigenvalue weighted by atomic mass is 9.93. The number of nitriles is 1. The first-order chi connectivity index (χ1) is 10.3. The highest BCUT2D eigenvalue weighted by molar-refractivity contribution is 9.10. The van der Waals surface area contributed by atoms with Gasteiger partial charge in [-0.05, 0) is 27.1 Å². The lowest BCUT2D eigenvalue weighted by Gasteiger charge is -2.12. The van der Waals surface area contributed by atoms with E-state index in [0.29, 0.717) is 10.2 Å². The van der Waals surface area contributed by atoms with E-state index in [4.69, 9.17) is 0 Å². The minimum atomic E-state index is 0.558. The van der Waals surface area contributed by atoms with Gasteiger partial charge >= 0.3 is 0 Å². The maximum Gasteiger partial charge on any atom is 0.124 e. The van der Waals surface area contributed by atoms with Gasteiger partial charge in [-0.15, -0.1) is 0 Å². The van der Waals surface area contributed by atoms with Gasteiger partial charge in [0, 0.05) is 17.3 Å². The predicted octanol–water partition coefficient (Wildman–Crippen LogP) is 5.05. The van der Waals surface area contributed by atoms with Crippen molar-refractivity contribution < 1.29 is 0 Å². The Morgan fingerprint density at radius 2 is 1.43 bits per heavy atom. The zero-order valence-corrected chi connectivity index (χ0v) is 12.7. The molecule has 1 aromatic heterocycles. The predicted molar refractivity (Wildman–Crippen MR) is 87.5 cm³/mol. The monoisotopic (exact) mass is 334 g/mol. The third kappa shape index (κ3) is 2.58. The van der Waals surface area contributed by atoms with Gasteiger partial charge in [0.1, 0.15) is 10.7 Å². The average molecular weight is 335 g/mol. The van der Waals surface area contributed by atoms with Crippen molar-refractivity contribution in [3.8, 4) is 28.3 Å². The lowest BCUT2D eigenvalue weighted by molar-refractivity contribution is 1.25. The molecule has 0 bridgehead atoms. The molecule has 0 amide bonds. The molecule has 0 spiro atoms. The Balaban J connectivity index is 2.35. The van der Waals surface area contributed by atoms with E-state index in [1.54, 1.807) is 0 Å². The molecule has 0 saturated carbocycles. The molecule has 21 heavy (non-hydrogen) atoms. The number of aromatic nitrogens is 1. The van der Waals surface area contributed by atoms with Crippen molar-refractivity contribution in [2.24, 2.45) is 0 Å². The van der Waals surface area contributed by atoms with Gasteiger partial charge in [0.2, 0.25) is 0 Å².